The zero-order valence-electron chi connectivity index (χ0n) is 16.5. The van der Waals surface area contributed by atoms with E-state index in [-0.39, 0.29) is 19.0 Å². The summed E-state index contributed by atoms with van der Waals surface area (Å²) in [7, 11) is -0.604. The van der Waals surface area contributed by atoms with Gasteiger partial charge in [-0.2, -0.15) is 17.0 Å². The number of hydrogen-bond donors (Lipinski definition) is 1. The summed E-state index contributed by atoms with van der Waals surface area (Å²) in [6.07, 6.45) is 0.652. The Morgan fingerprint density at radius 2 is 1.69 bits per heavy atom. The second kappa shape index (κ2) is 9.25. The Kier molecular flexibility index (Phi) is 6.73. The molecule has 0 bridgehead atoms. The summed E-state index contributed by atoms with van der Waals surface area (Å²) in [4.78, 5) is 12.4. The van der Waals surface area contributed by atoms with Crippen molar-refractivity contribution in [2.45, 2.75) is 13.0 Å². The first kappa shape index (κ1) is 21.1. The quantitative estimate of drug-likeness (QED) is 0.743. The Morgan fingerprint density at radius 3 is 2.38 bits per heavy atom. The maximum Gasteiger partial charge on any atom is 0.282 e. The van der Waals surface area contributed by atoms with E-state index in [9.17, 15) is 13.2 Å². The third kappa shape index (κ3) is 5.26. The summed E-state index contributed by atoms with van der Waals surface area (Å²) < 4.78 is 38.8. The molecular formula is C20H25N3O5S. The second-order valence-electron chi connectivity index (χ2n) is 6.66. The molecule has 1 saturated heterocycles. The Bertz CT molecular complexity index is 947. The molecule has 0 atom stereocenters. The van der Waals surface area contributed by atoms with Gasteiger partial charge in [-0.1, -0.05) is 12.1 Å². The van der Waals surface area contributed by atoms with E-state index in [1.54, 1.807) is 38.5 Å². The lowest BCUT2D eigenvalue weighted by Crippen LogP contribution is -2.51. The SMILES string of the molecule is COc1ccc(NC(=O)CN2CCCN(Cc3cccc(OC)c3)S2(=O)=O)cc1. The van der Waals surface area contributed by atoms with Crippen molar-refractivity contribution < 1.29 is 22.7 Å². The van der Waals surface area contributed by atoms with Crippen LogP contribution in [0.2, 0.25) is 0 Å². The molecule has 1 heterocycles. The van der Waals surface area contributed by atoms with E-state index in [1.807, 2.05) is 24.3 Å². The Labute approximate surface area is 171 Å². The molecule has 0 radical (unpaired) electrons. The number of nitrogens with zero attached hydrogens (tertiary/aromatic N) is 2. The predicted octanol–water partition coefficient (Wildman–Crippen LogP) is 2.09. The van der Waals surface area contributed by atoms with Crippen LogP contribution in [0.3, 0.4) is 0 Å². The molecule has 2 aromatic carbocycles. The van der Waals surface area contributed by atoms with Gasteiger partial charge in [0.05, 0.1) is 20.8 Å². The number of carbonyl (C=O) groups is 1. The van der Waals surface area contributed by atoms with Crippen LogP contribution in [-0.2, 0) is 21.5 Å². The molecule has 9 heteroatoms. The van der Waals surface area contributed by atoms with Gasteiger partial charge in [0.2, 0.25) is 5.91 Å². The van der Waals surface area contributed by atoms with Crippen LogP contribution in [-0.4, -0.2) is 56.8 Å². The molecule has 1 aliphatic heterocycles. The van der Waals surface area contributed by atoms with Crippen LogP contribution in [0, 0.1) is 0 Å². The first-order valence-electron chi connectivity index (χ1n) is 9.24. The molecule has 0 unspecified atom stereocenters. The molecule has 1 fully saturated rings. The van der Waals surface area contributed by atoms with Crippen molar-refractivity contribution in [3.8, 4) is 11.5 Å². The van der Waals surface area contributed by atoms with E-state index in [2.05, 4.69) is 5.32 Å². The number of anilines is 1. The van der Waals surface area contributed by atoms with E-state index in [1.165, 1.54) is 8.61 Å². The summed E-state index contributed by atoms with van der Waals surface area (Å²) in [6.45, 7) is 0.724. The highest BCUT2D eigenvalue weighted by atomic mass is 32.2. The molecule has 0 spiro atoms. The van der Waals surface area contributed by atoms with E-state index < -0.39 is 10.2 Å². The van der Waals surface area contributed by atoms with Gasteiger partial charge >= 0.3 is 0 Å². The van der Waals surface area contributed by atoms with Gasteiger partial charge in [-0.25, -0.2) is 0 Å². The Morgan fingerprint density at radius 1 is 1.00 bits per heavy atom. The van der Waals surface area contributed by atoms with E-state index in [0.717, 1.165) is 5.56 Å². The van der Waals surface area contributed by atoms with Crippen molar-refractivity contribution in [1.82, 2.24) is 8.61 Å². The van der Waals surface area contributed by atoms with Crippen LogP contribution in [0.1, 0.15) is 12.0 Å². The molecule has 0 saturated carbocycles. The van der Waals surface area contributed by atoms with E-state index >= 15 is 0 Å². The van der Waals surface area contributed by atoms with Crippen molar-refractivity contribution in [3.63, 3.8) is 0 Å². The average Bonchev–Trinajstić information content (AvgIpc) is 2.72. The van der Waals surface area contributed by atoms with Crippen LogP contribution in [0.25, 0.3) is 0 Å². The third-order valence-corrected chi connectivity index (χ3v) is 6.58. The van der Waals surface area contributed by atoms with Crippen LogP contribution >= 0.6 is 0 Å². The monoisotopic (exact) mass is 419 g/mol. The molecular weight excluding hydrogens is 394 g/mol. The Hall–Kier alpha value is -2.62. The normalized spacial score (nSPS) is 16.9. The minimum atomic E-state index is -3.74. The lowest BCUT2D eigenvalue weighted by molar-refractivity contribution is -0.116. The smallest absolute Gasteiger partial charge is 0.282 e. The average molecular weight is 420 g/mol. The molecule has 2 aromatic rings. The van der Waals surface area contributed by atoms with Gasteiger partial charge in [0.15, 0.2) is 0 Å². The lowest BCUT2D eigenvalue weighted by Gasteiger charge is -2.34. The zero-order chi connectivity index (χ0) is 20.9. The molecule has 1 aliphatic rings. The molecule has 1 amide bonds. The van der Waals surface area contributed by atoms with Crippen molar-refractivity contribution in [2.24, 2.45) is 0 Å². The summed E-state index contributed by atoms with van der Waals surface area (Å²) in [5.41, 5.74) is 1.41. The number of benzene rings is 2. The fourth-order valence-corrected chi connectivity index (χ4v) is 4.79. The van der Waals surface area contributed by atoms with Gasteiger partial charge in [-0.15, -0.1) is 0 Å². The topological polar surface area (TPSA) is 88.2 Å². The number of ether oxygens (including phenoxy) is 2. The van der Waals surface area contributed by atoms with E-state index in [0.29, 0.717) is 36.7 Å². The van der Waals surface area contributed by atoms with Crippen LogP contribution in [0.15, 0.2) is 48.5 Å². The highest BCUT2D eigenvalue weighted by Gasteiger charge is 2.34. The summed E-state index contributed by atoms with van der Waals surface area (Å²) in [5, 5.41) is 2.72. The fraction of sp³-hybridized carbons (Fsp3) is 0.350. The molecule has 0 aliphatic carbocycles. The number of carbonyl (C=O) groups excluding carboxylic acids is 1. The van der Waals surface area contributed by atoms with Gasteiger partial charge < -0.3 is 14.8 Å². The summed E-state index contributed by atoms with van der Waals surface area (Å²) >= 11 is 0. The van der Waals surface area contributed by atoms with Gasteiger partial charge in [-0.05, 0) is 48.4 Å². The standard InChI is InChI=1S/C20H25N3O5S/c1-27-18-9-7-17(8-10-18)21-20(24)15-23-12-4-11-22(29(23,25)26)14-16-5-3-6-19(13-16)28-2/h3,5-10,13H,4,11-12,14-15H2,1-2H3,(H,21,24). The first-order valence-corrected chi connectivity index (χ1v) is 10.6. The minimum Gasteiger partial charge on any atom is -0.497 e. The second-order valence-corrected chi connectivity index (χ2v) is 8.59. The third-order valence-electron chi connectivity index (χ3n) is 4.65. The zero-order valence-corrected chi connectivity index (χ0v) is 17.3. The molecule has 0 aromatic heterocycles. The fourth-order valence-electron chi connectivity index (χ4n) is 3.15. The minimum absolute atomic E-state index is 0.232. The van der Waals surface area contributed by atoms with Crippen molar-refractivity contribution in [2.75, 3.05) is 39.2 Å². The lowest BCUT2D eigenvalue weighted by atomic mass is 10.2. The molecule has 1 N–H and O–H groups in total. The van der Waals surface area contributed by atoms with Crippen LogP contribution in [0.5, 0.6) is 11.5 Å². The predicted molar refractivity (Wildman–Crippen MR) is 110 cm³/mol. The van der Waals surface area contributed by atoms with Gasteiger partial charge in [0, 0.05) is 25.3 Å². The molecule has 29 heavy (non-hydrogen) atoms. The molecule has 156 valence electrons. The highest BCUT2D eigenvalue weighted by molar-refractivity contribution is 7.86. The van der Waals surface area contributed by atoms with Crippen molar-refractivity contribution in [1.29, 1.82) is 0 Å². The summed E-state index contributed by atoms with van der Waals surface area (Å²) in [5.74, 6) is 0.962. The van der Waals surface area contributed by atoms with Crippen molar-refractivity contribution in [3.05, 3.63) is 54.1 Å². The number of nitrogens with one attached hydrogen (secondary N) is 1. The number of amides is 1. The number of rotatable bonds is 7. The summed E-state index contributed by atoms with van der Waals surface area (Å²) in [6, 6.07) is 14.2. The van der Waals surface area contributed by atoms with Crippen LogP contribution in [0.4, 0.5) is 5.69 Å². The van der Waals surface area contributed by atoms with Gasteiger partial charge in [0.25, 0.3) is 10.2 Å². The van der Waals surface area contributed by atoms with Crippen LogP contribution < -0.4 is 14.8 Å². The Balaban J connectivity index is 1.65. The van der Waals surface area contributed by atoms with Gasteiger partial charge in [-0.3, -0.25) is 4.79 Å². The maximum absolute atomic E-state index is 13.0. The number of hydrogen-bond acceptors (Lipinski definition) is 5. The molecule has 8 nitrogen and oxygen atoms in total. The maximum atomic E-state index is 13.0. The van der Waals surface area contributed by atoms with Gasteiger partial charge in [0.1, 0.15) is 11.5 Å². The highest BCUT2D eigenvalue weighted by Crippen LogP contribution is 2.22. The van der Waals surface area contributed by atoms with E-state index in [4.69, 9.17) is 9.47 Å². The first-order chi connectivity index (χ1) is 13.9. The largest absolute Gasteiger partial charge is 0.497 e. The molecule has 3 rings (SSSR count). The van der Waals surface area contributed by atoms with Crippen molar-refractivity contribution >= 4 is 21.8 Å². The number of methoxy groups -OCH3 is 2.